The molecule has 1 atom stereocenters. The Balaban J connectivity index is 0.00000243. The molecule has 1 aromatic carbocycles. The number of anilines is 1. The van der Waals surface area contributed by atoms with Gasteiger partial charge < -0.3 is 20.9 Å². The third kappa shape index (κ3) is 6.37. The van der Waals surface area contributed by atoms with Gasteiger partial charge in [-0.15, -0.1) is 12.4 Å². The second-order valence-electron chi connectivity index (χ2n) is 6.53. The van der Waals surface area contributed by atoms with Gasteiger partial charge in [-0.25, -0.2) is 4.79 Å². The zero-order chi connectivity index (χ0) is 17.5. The van der Waals surface area contributed by atoms with Crippen LogP contribution in [0.4, 0.5) is 10.5 Å². The van der Waals surface area contributed by atoms with Crippen molar-refractivity contribution in [3.05, 3.63) is 29.8 Å². The summed E-state index contributed by atoms with van der Waals surface area (Å²) < 4.78 is 0. The number of likely N-dealkylation sites (tertiary alicyclic amines) is 1. The van der Waals surface area contributed by atoms with Crippen molar-refractivity contribution < 1.29 is 9.59 Å². The SMILES string of the molecule is Cl.O=C(CC1CSCCN1)NCc1cccc(NC(=O)N2CCCC2)c1. The van der Waals surface area contributed by atoms with Gasteiger partial charge in [0.1, 0.15) is 0 Å². The van der Waals surface area contributed by atoms with Crippen LogP contribution in [0.25, 0.3) is 0 Å². The van der Waals surface area contributed by atoms with Gasteiger partial charge in [-0.3, -0.25) is 4.79 Å². The number of thioether (sulfide) groups is 1. The molecule has 2 aliphatic rings. The molecule has 0 spiro atoms. The van der Waals surface area contributed by atoms with E-state index in [0.29, 0.717) is 13.0 Å². The lowest BCUT2D eigenvalue weighted by atomic mass is 10.2. The highest BCUT2D eigenvalue weighted by Crippen LogP contribution is 2.14. The minimum Gasteiger partial charge on any atom is -0.352 e. The Kier molecular flexibility index (Phi) is 8.54. The molecule has 3 amide bonds. The molecule has 0 radical (unpaired) electrons. The van der Waals surface area contributed by atoms with Crippen LogP contribution in [0.1, 0.15) is 24.8 Å². The average Bonchev–Trinajstić information content (AvgIpc) is 3.16. The molecular formula is C18H27ClN4O2S. The monoisotopic (exact) mass is 398 g/mol. The lowest BCUT2D eigenvalue weighted by Crippen LogP contribution is -2.41. The molecule has 26 heavy (non-hydrogen) atoms. The van der Waals surface area contributed by atoms with Gasteiger partial charge in [0.05, 0.1) is 0 Å². The molecule has 2 heterocycles. The first-order chi connectivity index (χ1) is 12.2. The maximum absolute atomic E-state index is 12.1. The number of urea groups is 1. The minimum atomic E-state index is -0.0421. The first-order valence-corrected chi connectivity index (χ1v) is 10.1. The summed E-state index contributed by atoms with van der Waals surface area (Å²) in [6.07, 6.45) is 2.67. The number of nitrogens with one attached hydrogen (secondary N) is 3. The number of halogens is 1. The van der Waals surface area contributed by atoms with Gasteiger partial charge in [0.2, 0.25) is 5.91 Å². The predicted octanol–water partition coefficient (Wildman–Crippen LogP) is 2.45. The fourth-order valence-corrected chi connectivity index (χ4v) is 4.08. The van der Waals surface area contributed by atoms with Crippen molar-refractivity contribution in [2.75, 3.05) is 36.5 Å². The third-order valence-corrected chi connectivity index (χ3v) is 5.62. The van der Waals surface area contributed by atoms with Crippen molar-refractivity contribution in [3.63, 3.8) is 0 Å². The summed E-state index contributed by atoms with van der Waals surface area (Å²) in [4.78, 5) is 26.1. The number of amides is 3. The van der Waals surface area contributed by atoms with Crippen molar-refractivity contribution in [2.24, 2.45) is 0 Å². The molecule has 0 aromatic heterocycles. The molecule has 3 rings (SSSR count). The average molecular weight is 399 g/mol. The second kappa shape index (κ2) is 10.6. The van der Waals surface area contributed by atoms with Crippen LogP contribution in [0.5, 0.6) is 0 Å². The van der Waals surface area contributed by atoms with E-state index >= 15 is 0 Å². The van der Waals surface area contributed by atoms with Crippen molar-refractivity contribution in [1.82, 2.24) is 15.5 Å². The molecule has 0 aliphatic carbocycles. The van der Waals surface area contributed by atoms with Crippen molar-refractivity contribution in [2.45, 2.75) is 31.8 Å². The van der Waals surface area contributed by atoms with Crippen LogP contribution in [-0.4, -0.2) is 54.0 Å². The summed E-state index contributed by atoms with van der Waals surface area (Å²) in [6.45, 7) is 3.11. The number of hydrogen-bond donors (Lipinski definition) is 3. The molecule has 0 bridgehead atoms. The fourth-order valence-electron chi connectivity index (χ4n) is 3.13. The molecule has 2 saturated heterocycles. The molecule has 8 heteroatoms. The Morgan fingerprint density at radius 3 is 2.81 bits per heavy atom. The molecule has 6 nitrogen and oxygen atoms in total. The highest BCUT2D eigenvalue weighted by molar-refractivity contribution is 7.99. The van der Waals surface area contributed by atoms with Gasteiger partial charge in [0, 0.05) is 55.8 Å². The number of benzene rings is 1. The highest BCUT2D eigenvalue weighted by atomic mass is 35.5. The molecule has 144 valence electrons. The van der Waals surface area contributed by atoms with Crippen LogP contribution in [0.3, 0.4) is 0 Å². The number of carbonyl (C=O) groups excluding carboxylic acids is 2. The number of nitrogens with zero attached hydrogens (tertiary/aromatic N) is 1. The molecule has 0 saturated carbocycles. The Bertz CT molecular complexity index is 605. The largest absolute Gasteiger partial charge is 0.352 e. The van der Waals surface area contributed by atoms with Crippen LogP contribution < -0.4 is 16.0 Å². The first kappa shape index (κ1) is 20.9. The van der Waals surface area contributed by atoms with Crippen LogP contribution in [0.15, 0.2) is 24.3 Å². The number of carbonyl (C=O) groups is 2. The quantitative estimate of drug-likeness (QED) is 0.712. The van der Waals surface area contributed by atoms with Gasteiger partial charge in [0.15, 0.2) is 0 Å². The summed E-state index contributed by atoms with van der Waals surface area (Å²) in [7, 11) is 0. The zero-order valence-corrected chi connectivity index (χ0v) is 16.5. The molecule has 1 unspecified atom stereocenters. The summed E-state index contributed by atoms with van der Waals surface area (Å²) in [5.41, 5.74) is 1.76. The Morgan fingerprint density at radius 1 is 1.27 bits per heavy atom. The minimum absolute atomic E-state index is 0. The van der Waals surface area contributed by atoms with E-state index < -0.39 is 0 Å². The molecule has 2 aliphatic heterocycles. The van der Waals surface area contributed by atoms with Crippen molar-refractivity contribution in [3.8, 4) is 0 Å². The number of rotatable bonds is 5. The van der Waals surface area contributed by atoms with E-state index in [4.69, 9.17) is 0 Å². The topological polar surface area (TPSA) is 73.5 Å². The molecule has 1 aromatic rings. The van der Waals surface area contributed by atoms with E-state index in [1.807, 2.05) is 40.9 Å². The lowest BCUT2D eigenvalue weighted by Gasteiger charge is -2.22. The van der Waals surface area contributed by atoms with E-state index in [-0.39, 0.29) is 30.4 Å². The van der Waals surface area contributed by atoms with Gasteiger partial charge in [-0.2, -0.15) is 11.8 Å². The lowest BCUT2D eigenvalue weighted by molar-refractivity contribution is -0.121. The Morgan fingerprint density at radius 2 is 2.08 bits per heavy atom. The van der Waals surface area contributed by atoms with Gasteiger partial charge in [0.25, 0.3) is 0 Å². The second-order valence-corrected chi connectivity index (χ2v) is 7.68. The summed E-state index contributed by atoms with van der Waals surface area (Å²) in [6, 6.07) is 7.89. The smallest absolute Gasteiger partial charge is 0.321 e. The maximum Gasteiger partial charge on any atom is 0.321 e. The van der Waals surface area contributed by atoms with E-state index in [0.717, 1.165) is 55.2 Å². The third-order valence-electron chi connectivity index (χ3n) is 4.49. The molecule has 3 N–H and O–H groups in total. The Hall–Kier alpha value is -1.44. The predicted molar refractivity (Wildman–Crippen MR) is 109 cm³/mol. The van der Waals surface area contributed by atoms with E-state index in [2.05, 4.69) is 16.0 Å². The molecular weight excluding hydrogens is 372 g/mol. The Labute approximate surface area is 165 Å². The first-order valence-electron chi connectivity index (χ1n) is 8.93. The van der Waals surface area contributed by atoms with Gasteiger partial charge >= 0.3 is 6.03 Å². The summed E-state index contributed by atoms with van der Waals surface area (Å²) in [5.74, 6) is 2.17. The molecule has 2 fully saturated rings. The normalized spacial score (nSPS) is 19.5. The van der Waals surface area contributed by atoms with Crippen molar-refractivity contribution >= 4 is 41.8 Å². The van der Waals surface area contributed by atoms with Gasteiger partial charge in [-0.05, 0) is 30.5 Å². The van der Waals surface area contributed by atoms with E-state index in [1.54, 1.807) is 0 Å². The highest BCUT2D eigenvalue weighted by Gasteiger charge is 2.18. The van der Waals surface area contributed by atoms with Crippen LogP contribution in [-0.2, 0) is 11.3 Å². The van der Waals surface area contributed by atoms with E-state index in [9.17, 15) is 9.59 Å². The zero-order valence-electron chi connectivity index (χ0n) is 14.8. The summed E-state index contributed by atoms with van der Waals surface area (Å²) >= 11 is 1.89. The van der Waals surface area contributed by atoms with Gasteiger partial charge in [-0.1, -0.05) is 12.1 Å². The maximum atomic E-state index is 12.1. The van der Waals surface area contributed by atoms with Crippen molar-refractivity contribution in [1.29, 1.82) is 0 Å². The summed E-state index contributed by atoms with van der Waals surface area (Å²) in [5, 5.41) is 9.28. The number of hydrogen-bond acceptors (Lipinski definition) is 4. The van der Waals surface area contributed by atoms with Crippen LogP contribution in [0.2, 0.25) is 0 Å². The fraction of sp³-hybridized carbons (Fsp3) is 0.556. The standard InChI is InChI=1S/C18H26N4O2S.ClH/c23-17(11-16-13-25-9-6-19-16)20-12-14-4-3-5-15(10-14)21-18(24)22-7-1-2-8-22;/h3-5,10,16,19H,1-2,6-9,11-13H2,(H,20,23)(H,21,24);1H. The van der Waals surface area contributed by atoms with E-state index in [1.165, 1.54) is 0 Å². The van der Waals surface area contributed by atoms with Crippen LogP contribution >= 0.6 is 24.2 Å². The van der Waals surface area contributed by atoms with Crippen LogP contribution in [0, 0.1) is 0 Å².